The highest BCUT2D eigenvalue weighted by molar-refractivity contribution is 5.88. The number of rotatable bonds is 5. The Morgan fingerprint density at radius 2 is 2.29 bits per heavy atom. The van der Waals surface area contributed by atoms with Crippen molar-refractivity contribution in [3.63, 3.8) is 0 Å². The Morgan fingerprint density at radius 3 is 2.82 bits per heavy atom. The van der Waals surface area contributed by atoms with Gasteiger partial charge in [0.25, 0.3) is 0 Å². The van der Waals surface area contributed by atoms with Gasteiger partial charge in [-0.15, -0.1) is 0 Å². The number of carboxylic acid groups (broad SMARTS) is 1. The van der Waals surface area contributed by atoms with Crippen molar-refractivity contribution in [2.45, 2.75) is 19.4 Å². The van der Waals surface area contributed by atoms with Crippen LogP contribution >= 0.6 is 0 Å². The molecule has 5 nitrogen and oxygen atoms in total. The molecule has 1 aromatic rings. The molecule has 0 aromatic carbocycles. The summed E-state index contributed by atoms with van der Waals surface area (Å²) >= 11 is 0. The highest BCUT2D eigenvalue weighted by atomic mass is 19.1. The van der Waals surface area contributed by atoms with Gasteiger partial charge in [0, 0.05) is 13.3 Å². The van der Waals surface area contributed by atoms with Crippen molar-refractivity contribution < 1.29 is 19.0 Å². The van der Waals surface area contributed by atoms with Gasteiger partial charge >= 0.3 is 5.97 Å². The van der Waals surface area contributed by atoms with Gasteiger partial charge in [0.2, 0.25) is 0 Å². The lowest BCUT2D eigenvalue weighted by Crippen LogP contribution is -2.36. The maximum Gasteiger partial charge on any atom is 0.338 e. The maximum absolute atomic E-state index is 13.7. The van der Waals surface area contributed by atoms with Gasteiger partial charge in [0.1, 0.15) is 5.56 Å². The number of nitrogens with zero attached hydrogens (tertiary/aromatic N) is 1. The number of carbonyl (C=O) groups is 1. The third-order valence-electron chi connectivity index (χ3n) is 2.08. The number of nitrogens with one attached hydrogen (secondary N) is 1. The van der Waals surface area contributed by atoms with Crippen LogP contribution in [0.1, 0.15) is 24.2 Å². The summed E-state index contributed by atoms with van der Waals surface area (Å²) in [5.74, 6) is -2.28. The van der Waals surface area contributed by atoms with Crippen molar-refractivity contribution in [1.29, 1.82) is 0 Å². The van der Waals surface area contributed by atoms with Crippen molar-refractivity contribution in [3.8, 4) is 0 Å². The Balaban J connectivity index is 3.00. The molecule has 0 unspecified atom stereocenters. The summed E-state index contributed by atoms with van der Waals surface area (Å²) in [6, 6.07) is 1.12. The van der Waals surface area contributed by atoms with E-state index < -0.39 is 22.9 Å². The molecule has 0 spiro atoms. The average molecular weight is 242 g/mol. The molecule has 0 aliphatic rings. The highest BCUT2D eigenvalue weighted by Gasteiger charge is 2.22. The Bertz CT molecular complexity index is 421. The molecule has 0 aliphatic carbocycles. The number of hydrogen-bond acceptors (Lipinski definition) is 4. The standard InChI is InChI=1S/C11H15FN2O3/c1-11(2,6-17-3)14-9-8(12)7(10(15)16)4-5-13-9/h4-5H,6H2,1-3H3,(H,13,14)(H,15,16). The summed E-state index contributed by atoms with van der Waals surface area (Å²) in [6.45, 7) is 3.93. The van der Waals surface area contributed by atoms with E-state index in [-0.39, 0.29) is 5.82 Å². The van der Waals surface area contributed by atoms with Crippen molar-refractivity contribution >= 4 is 11.8 Å². The van der Waals surface area contributed by atoms with Crippen molar-refractivity contribution in [3.05, 3.63) is 23.6 Å². The topological polar surface area (TPSA) is 71.5 Å². The van der Waals surface area contributed by atoms with E-state index in [0.29, 0.717) is 6.61 Å². The SMILES string of the molecule is COCC(C)(C)Nc1nccc(C(=O)O)c1F. The van der Waals surface area contributed by atoms with Crippen LogP contribution in [0.15, 0.2) is 12.3 Å². The van der Waals surface area contributed by atoms with Gasteiger partial charge in [0.15, 0.2) is 11.6 Å². The van der Waals surface area contributed by atoms with Crippen LogP contribution in [0.3, 0.4) is 0 Å². The van der Waals surface area contributed by atoms with Gasteiger partial charge in [-0.25, -0.2) is 14.2 Å². The Morgan fingerprint density at radius 1 is 1.65 bits per heavy atom. The number of aromatic carboxylic acids is 1. The van der Waals surface area contributed by atoms with E-state index in [1.807, 2.05) is 0 Å². The fourth-order valence-corrected chi connectivity index (χ4v) is 1.41. The zero-order valence-corrected chi connectivity index (χ0v) is 9.95. The Kier molecular flexibility index (Phi) is 4.01. The molecule has 17 heavy (non-hydrogen) atoms. The third kappa shape index (κ3) is 3.39. The first-order valence-corrected chi connectivity index (χ1v) is 5.02. The van der Waals surface area contributed by atoms with Gasteiger partial charge in [-0.3, -0.25) is 0 Å². The van der Waals surface area contributed by atoms with Crippen molar-refractivity contribution in [2.24, 2.45) is 0 Å². The number of ether oxygens (including phenoxy) is 1. The second kappa shape index (κ2) is 5.09. The first-order chi connectivity index (χ1) is 7.87. The lowest BCUT2D eigenvalue weighted by molar-refractivity contribution is 0.0691. The molecule has 0 bridgehead atoms. The van der Waals surface area contributed by atoms with E-state index in [0.717, 1.165) is 6.07 Å². The number of methoxy groups -OCH3 is 1. The van der Waals surface area contributed by atoms with E-state index in [1.54, 1.807) is 13.8 Å². The van der Waals surface area contributed by atoms with Crippen LogP contribution in [0.2, 0.25) is 0 Å². The van der Waals surface area contributed by atoms with Gasteiger partial charge in [-0.1, -0.05) is 0 Å². The molecule has 0 amide bonds. The zero-order chi connectivity index (χ0) is 13.1. The smallest absolute Gasteiger partial charge is 0.338 e. The number of carboxylic acids is 1. The van der Waals surface area contributed by atoms with E-state index in [4.69, 9.17) is 9.84 Å². The maximum atomic E-state index is 13.7. The minimum absolute atomic E-state index is 0.0908. The van der Waals surface area contributed by atoms with Crippen LogP contribution in [0.25, 0.3) is 0 Å². The molecule has 1 heterocycles. The predicted octanol–water partition coefficient (Wildman–Crippen LogP) is 1.76. The normalized spacial score (nSPS) is 11.3. The van der Waals surface area contributed by atoms with Crippen LogP contribution in [0.4, 0.5) is 10.2 Å². The summed E-state index contributed by atoms with van der Waals surface area (Å²) in [6.07, 6.45) is 1.25. The number of aromatic nitrogens is 1. The molecule has 0 saturated carbocycles. The summed E-state index contributed by atoms with van der Waals surface area (Å²) < 4.78 is 18.7. The van der Waals surface area contributed by atoms with Crippen molar-refractivity contribution in [2.75, 3.05) is 19.0 Å². The van der Waals surface area contributed by atoms with Gasteiger partial charge in [-0.2, -0.15) is 0 Å². The third-order valence-corrected chi connectivity index (χ3v) is 2.08. The molecule has 0 atom stereocenters. The van der Waals surface area contributed by atoms with E-state index >= 15 is 0 Å². The molecule has 0 radical (unpaired) electrons. The first-order valence-electron chi connectivity index (χ1n) is 5.02. The fourth-order valence-electron chi connectivity index (χ4n) is 1.41. The van der Waals surface area contributed by atoms with Gasteiger partial charge in [-0.05, 0) is 19.9 Å². The lowest BCUT2D eigenvalue weighted by atomic mass is 10.1. The van der Waals surface area contributed by atoms with E-state index in [2.05, 4.69) is 10.3 Å². The van der Waals surface area contributed by atoms with Crippen molar-refractivity contribution in [1.82, 2.24) is 4.98 Å². The summed E-state index contributed by atoms with van der Waals surface area (Å²) in [4.78, 5) is 14.5. The van der Waals surface area contributed by atoms with Crippen LogP contribution in [0, 0.1) is 5.82 Å². The van der Waals surface area contributed by atoms with E-state index in [9.17, 15) is 9.18 Å². The van der Waals surface area contributed by atoms with Gasteiger partial charge in [0.05, 0.1) is 12.1 Å². The second-order valence-electron chi connectivity index (χ2n) is 4.27. The van der Waals surface area contributed by atoms with Crippen LogP contribution in [-0.2, 0) is 4.74 Å². The molecule has 1 aromatic heterocycles. The Labute approximate surface area is 98.6 Å². The molecule has 1 rings (SSSR count). The summed E-state index contributed by atoms with van der Waals surface area (Å²) in [7, 11) is 1.53. The molecule has 0 aliphatic heterocycles. The Hall–Kier alpha value is -1.69. The average Bonchev–Trinajstić information content (AvgIpc) is 2.20. The minimum Gasteiger partial charge on any atom is -0.478 e. The molecule has 0 saturated heterocycles. The summed E-state index contributed by atoms with van der Waals surface area (Å²) in [5, 5.41) is 11.6. The quantitative estimate of drug-likeness (QED) is 0.823. The molecular formula is C11H15FN2O3. The first kappa shape index (κ1) is 13.4. The van der Waals surface area contributed by atoms with Crippen LogP contribution < -0.4 is 5.32 Å². The molecule has 0 fully saturated rings. The lowest BCUT2D eigenvalue weighted by Gasteiger charge is -2.26. The predicted molar refractivity (Wildman–Crippen MR) is 60.7 cm³/mol. The number of anilines is 1. The summed E-state index contributed by atoms with van der Waals surface area (Å²) in [5.41, 5.74) is -0.949. The number of halogens is 1. The largest absolute Gasteiger partial charge is 0.478 e. The van der Waals surface area contributed by atoms with Gasteiger partial charge < -0.3 is 15.2 Å². The number of pyridine rings is 1. The molecule has 6 heteroatoms. The monoisotopic (exact) mass is 242 g/mol. The minimum atomic E-state index is -1.32. The van der Waals surface area contributed by atoms with Crippen LogP contribution in [-0.4, -0.2) is 35.3 Å². The molecular weight excluding hydrogens is 227 g/mol. The zero-order valence-electron chi connectivity index (χ0n) is 9.95. The molecule has 2 N–H and O–H groups in total. The van der Waals surface area contributed by atoms with Crippen LogP contribution in [0.5, 0.6) is 0 Å². The molecule has 94 valence electrons. The highest BCUT2D eigenvalue weighted by Crippen LogP contribution is 2.19. The second-order valence-corrected chi connectivity index (χ2v) is 4.27. The van der Waals surface area contributed by atoms with E-state index in [1.165, 1.54) is 13.3 Å². The fraction of sp³-hybridized carbons (Fsp3) is 0.455. The number of hydrogen-bond donors (Lipinski definition) is 2.